The molecule has 0 bridgehead atoms. The standard InChI is InChI=1S/C20H36N4O2.HI/c1-8-25-17-11-10-16(14-18(17)26-9-2)12-13-22-19(21-5)23-15-20(3,4)24(6)7;/h10-11,14H,8-9,12-13,15H2,1-7H3,(H2,21,22,23);1H. The molecule has 0 aliphatic carbocycles. The Morgan fingerprint density at radius 3 is 2.26 bits per heavy atom. The number of hydrogen-bond acceptors (Lipinski definition) is 4. The SMILES string of the molecule is CCOc1ccc(CCNC(=NC)NCC(C)(C)N(C)C)cc1OCC.I. The number of nitrogens with one attached hydrogen (secondary N) is 2. The van der Waals surface area contributed by atoms with Crippen molar-refractivity contribution >= 4 is 29.9 Å². The van der Waals surface area contributed by atoms with Gasteiger partial charge in [0.15, 0.2) is 17.5 Å². The van der Waals surface area contributed by atoms with Gasteiger partial charge in [-0.05, 0) is 65.9 Å². The third-order valence-corrected chi connectivity index (χ3v) is 4.44. The highest BCUT2D eigenvalue weighted by atomic mass is 127. The first kappa shape index (κ1) is 25.8. The topological polar surface area (TPSA) is 58.1 Å². The number of guanidine groups is 1. The van der Waals surface area contributed by atoms with Crippen LogP contribution in [0.1, 0.15) is 33.3 Å². The fourth-order valence-electron chi connectivity index (χ4n) is 2.26. The Balaban J connectivity index is 0.00000676. The molecule has 0 aliphatic heterocycles. The molecule has 0 fully saturated rings. The third-order valence-electron chi connectivity index (χ3n) is 4.44. The summed E-state index contributed by atoms with van der Waals surface area (Å²) in [5.41, 5.74) is 1.26. The molecule has 0 aromatic heterocycles. The first-order valence-electron chi connectivity index (χ1n) is 9.34. The van der Waals surface area contributed by atoms with Crippen LogP contribution in [-0.4, -0.2) is 63.8 Å². The van der Waals surface area contributed by atoms with Gasteiger partial charge in [-0.15, -0.1) is 24.0 Å². The van der Waals surface area contributed by atoms with Crippen LogP contribution in [0, 0.1) is 0 Å². The Morgan fingerprint density at radius 1 is 1.07 bits per heavy atom. The number of benzene rings is 1. The quantitative estimate of drug-likeness (QED) is 0.299. The second kappa shape index (κ2) is 13.0. The molecule has 2 N–H and O–H groups in total. The molecule has 0 atom stereocenters. The van der Waals surface area contributed by atoms with Crippen molar-refractivity contribution in [3.63, 3.8) is 0 Å². The minimum Gasteiger partial charge on any atom is -0.490 e. The average Bonchev–Trinajstić information content (AvgIpc) is 2.60. The summed E-state index contributed by atoms with van der Waals surface area (Å²) in [6, 6.07) is 6.12. The van der Waals surface area contributed by atoms with Gasteiger partial charge in [-0.3, -0.25) is 4.99 Å². The van der Waals surface area contributed by atoms with Crippen molar-refractivity contribution in [1.29, 1.82) is 0 Å². The summed E-state index contributed by atoms with van der Waals surface area (Å²) in [4.78, 5) is 6.50. The maximum absolute atomic E-state index is 5.69. The largest absolute Gasteiger partial charge is 0.490 e. The van der Waals surface area contributed by atoms with Crippen LogP contribution < -0.4 is 20.1 Å². The van der Waals surface area contributed by atoms with Gasteiger partial charge in [0.05, 0.1) is 13.2 Å². The molecule has 0 unspecified atom stereocenters. The summed E-state index contributed by atoms with van der Waals surface area (Å²) in [6.45, 7) is 11.2. The number of nitrogens with zero attached hydrogens (tertiary/aromatic N) is 2. The van der Waals surface area contributed by atoms with E-state index in [2.05, 4.69) is 60.6 Å². The van der Waals surface area contributed by atoms with Crippen LogP contribution in [0.4, 0.5) is 0 Å². The molecule has 1 aromatic rings. The highest BCUT2D eigenvalue weighted by molar-refractivity contribution is 14.0. The fraction of sp³-hybridized carbons (Fsp3) is 0.650. The van der Waals surface area contributed by atoms with Gasteiger partial charge in [0.2, 0.25) is 0 Å². The van der Waals surface area contributed by atoms with E-state index in [0.717, 1.165) is 37.0 Å². The van der Waals surface area contributed by atoms with Gasteiger partial charge in [0.25, 0.3) is 0 Å². The number of aliphatic imine (C=N–C) groups is 1. The lowest BCUT2D eigenvalue weighted by Crippen LogP contribution is -2.51. The molecule has 7 heteroatoms. The van der Waals surface area contributed by atoms with Crippen molar-refractivity contribution in [3.05, 3.63) is 23.8 Å². The van der Waals surface area contributed by atoms with Gasteiger partial charge in [-0.25, -0.2) is 0 Å². The van der Waals surface area contributed by atoms with E-state index in [-0.39, 0.29) is 29.5 Å². The van der Waals surface area contributed by atoms with Crippen LogP contribution in [0.25, 0.3) is 0 Å². The summed E-state index contributed by atoms with van der Waals surface area (Å²) < 4.78 is 11.3. The third kappa shape index (κ3) is 9.01. The highest BCUT2D eigenvalue weighted by Crippen LogP contribution is 2.28. The maximum atomic E-state index is 5.69. The normalized spacial score (nSPS) is 11.8. The van der Waals surface area contributed by atoms with E-state index in [1.165, 1.54) is 5.56 Å². The van der Waals surface area contributed by atoms with Gasteiger partial charge in [-0.2, -0.15) is 0 Å². The maximum Gasteiger partial charge on any atom is 0.191 e. The minimum absolute atomic E-state index is 0. The van der Waals surface area contributed by atoms with E-state index < -0.39 is 0 Å². The lowest BCUT2D eigenvalue weighted by atomic mass is 10.0. The molecule has 0 aliphatic rings. The summed E-state index contributed by atoms with van der Waals surface area (Å²) in [5, 5.41) is 6.76. The van der Waals surface area contributed by atoms with E-state index in [1.54, 1.807) is 7.05 Å². The van der Waals surface area contributed by atoms with Gasteiger partial charge in [-0.1, -0.05) is 6.07 Å². The lowest BCUT2D eigenvalue weighted by Gasteiger charge is -2.33. The second-order valence-electron chi connectivity index (χ2n) is 6.96. The predicted molar refractivity (Wildman–Crippen MR) is 125 cm³/mol. The molecule has 6 nitrogen and oxygen atoms in total. The number of rotatable bonds is 10. The van der Waals surface area contributed by atoms with Crippen molar-refractivity contribution in [3.8, 4) is 11.5 Å². The van der Waals surface area contributed by atoms with Crippen molar-refractivity contribution in [2.24, 2.45) is 4.99 Å². The minimum atomic E-state index is 0. The molecule has 0 heterocycles. The molecule has 1 rings (SSSR count). The Hall–Kier alpha value is -1.22. The molecule has 0 saturated heterocycles. The summed E-state index contributed by atoms with van der Waals surface area (Å²) in [7, 11) is 5.96. The fourth-order valence-corrected chi connectivity index (χ4v) is 2.26. The smallest absolute Gasteiger partial charge is 0.191 e. The molecule has 156 valence electrons. The van der Waals surface area contributed by atoms with E-state index in [4.69, 9.17) is 9.47 Å². The van der Waals surface area contributed by atoms with Gasteiger partial charge >= 0.3 is 0 Å². The molecule has 0 radical (unpaired) electrons. The second-order valence-corrected chi connectivity index (χ2v) is 6.96. The summed E-state index contributed by atoms with van der Waals surface area (Å²) in [6.07, 6.45) is 0.879. The number of halogens is 1. The molecule has 1 aromatic carbocycles. The zero-order valence-electron chi connectivity index (χ0n) is 17.9. The molecule has 0 spiro atoms. The lowest BCUT2D eigenvalue weighted by molar-refractivity contribution is 0.197. The molecular weight excluding hydrogens is 455 g/mol. The van der Waals surface area contributed by atoms with E-state index in [0.29, 0.717) is 13.2 Å². The highest BCUT2D eigenvalue weighted by Gasteiger charge is 2.20. The van der Waals surface area contributed by atoms with Crippen LogP contribution in [0.2, 0.25) is 0 Å². The van der Waals surface area contributed by atoms with Crippen molar-refractivity contribution < 1.29 is 9.47 Å². The summed E-state index contributed by atoms with van der Waals surface area (Å²) >= 11 is 0. The van der Waals surface area contributed by atoms with Crippen LogP contribution in [-0.2, 0) is 6.42 Å². The first-order valence-corrected chi connectivity index (χ1v) is 9.34. The van der Waals surface area contributed by atoms with Gasteiger partial charge in [0.1, 0.15) is 0 Å². The van der Waals surface area contributed by atoms with Crippen LogP contribution >= 0.6 is 24.0 Å². The van der Waals surface area contributed by atoms with E-state index >= 15 is 0 Å². The Kier molecular flexibility index (Phi) is 12.5. The Bertz CT molecular complexity index is 577. The number of hydrogen-bond donors (Lipinski definition) is 2. The molecular formula is C20H37IN4O2. The first-order chi connectivity index (χ1) is 12.3. The van der Waals surface area contributed by atoms with Crippen LogP contribution in [0.3, 0.4) is 0 Å². The van der Waals surface area contributed by atoms with Crippen LogP contribution in [0.5, 0.6) is 11.5 Å². The van der Waals surface area contributed by atoms with Gasteiger partial charge in [0, 0.05) is 25.7 Å². The molecule has 0 amide bonds. The number of likely N-dealkylation sites (N-methyl/N-ethyl adjacent to an activating group) is 1. The average molecular weight is 492 g/mol. The summed E-state index contributed by atoms with van der Waals surface area (Å²) in [5.74, 6) is 2.42. The monoisotopic (exact) mass is 492 g/mol. The van der Waals surface area contributed by atoms with Crippen LogP contribution in [0.15, 0.2) is 23.2 Å². The van der Waals surface area contributed by atoms with Crippen molar-refractivity contribution in [1.82, 2.24) is 15.5 Å². The zero-order chi connectivity index (χ0) is 19.6. The van der Waals surface area contributed by atoms with Crippen molar-refractivity contribution in [2.45, 2.75) is 39.7 Å². The number of ether oxygens (including phenoxy) is 2. The Morgan fingerprint density at radius 2 is 1.70 bits per heavy atom. The zero-order valence-corrected chi connectivity index (χ0v) is 20.2. The van der Waals surface area contributed by atoms with E-state index in [9.17, 15) is 0 Å². The molecule has 0 saturated carbocycles. The molecule has 27 heavy (non-hydrogen) atoms. The van der Waals surface area contributed by atoms with Crippen molar-refractivity contribution in [2.75, 3.05) is 47.4 Å². The van der Waals surface area contributed by atoms with Gasteiger partial charge < -0.3 is 25.0 Å². The van der Waals surface area contributed by atoms with E-state index in [1.807, 2.05) is 19.9 Å². The predicted octanol–water partition coefficient (Wildman–Crippen LogP) is 3.15. The Labute approximate surface area is 182 Å².